The molecule has 0 fully saturated rings. The minimum Gasteiger partial charge on any atom is -0.457 e. The van der Waals surface area contributed by atoms with E-state index in [0.717, 1.165) is 0 Å². The summed E-state index contributed by atoms with van der Waals surface area (Å²) < 4.78 is 12.1. The summed E-state index contributed by atoms with van der Waals surface area (Å²) in [6.45, 7) is 15.1. The number of nitrogens with zero attached hydrogens (tertiary/aromatic N) is 4. The van der Waals surface area contributed by atoms with Gasteiger partial charge in [-0.3, -0.25) is 0 Å². The average Bonchev–Trinajstić information content (AvgIpc) is 3.35. The van der Waals surface area contributed by atoms with Crippen LogP contribution in [0.5, 0.6) is 0 Å². The number of benzene rings is 3. The van der Waals surface area contributed by atoms with Crippen LogP contribution >= 0.6 is 0 Å². The number of rotatable bonds is 0. The molecule has 0 aliphatic rings. The molecule has 0 unspecified atom stereocenters. The van der Waals surface area contributed by atoms with Crippen LogP contribution in [0, 0.1) is 35.8 Å². The van der Waals surface area contributed by atoms with E-state index in [4.69, 9.17) is 22.0 Å². The van der Waals surface area contributed by atoms with Crippen LogP contribution in [0.2, 0.25) is 0 Å². The molecule has 30 heavy (non-hydrogen) atoms. The Morgan fingerprint density at radius 1 is 0.700 bits per heavy atom. The molecule has 6 nitrogen and oxygen atoms in total. The van der Waals surface area contributed by atoms with Crippen molar-refractivity contribution < 1.29 is 8.83 Å². The van der Waals surface area contributed by atoms with Crippen molar-refractivity contribution in [3.63, 3.8) is 0 Å². The van der Waals surface area contributed by atoms with Crippen molar-refractivity contribution in [1.82, 2.24) is 0 Å². The van der Waals surface area contributed by atoms with Gasteiger partial charge in [0.1, 0.15) is 22.3 Å². The van der Waals surface area contributed by atoms with E-state index in [1.807, 2.05) is 36.4 Å². The summed E-state index contributed by atoms with van der Waals surface area (Å²) in [7, 11) is 0. The number of hydrogen-bond donors (Lipinski definition) is 0. The van der Waals surface area contributed by atoms with Gasteiger partial charge in [-0.05, 0) is 12.1 Å². The fourth-order valence-corrected chi connectivity index (χ4v) is 3.89. The first kappa shape index (κ1) is 17.1. The summed E-state index contributed by atoms with van der Waals surface area (Å²) in [5.74, 6) is 0. The molecule has 2 aromatic heterocycles. The first-order chi connectivity index (χ1) is 14.7. The second-order valence-electron chi connectivity index (χ2n) is 6.50. The van der Waals surface area contributed by atoms with Crippen molar-refractivity contribution in [3.05, 3.63) is 81.8 Å². The minimum absolute atomic E-state index is 0.115. The normalized spacial score (nSPS) is 10.5. The highest BCUT2D eigenvalue weighted by molar-refractivity contribution is 6.17. The lowest BCUT2D eigenvalue weighted by atomic mass is 10.0. The van der Waals surface area contributed by atoms with E-state index in [2.05, 4.69) is 9.69 Å². The van der Waals surface area contributed by atoms with Crippen molar-refractivity contribution in [2.75, 3.05) is 0 Å². The third-order valence-electron chi connectivity index (χ3n) is 5.05. The molecule has 5 aromatic rings. The van der Waals surface area contributed by atoms with Crippen molar-refractivity contribution in [1.29, 1.82) is 10.5 Å². The monoisotopic (exact) mass is 384 g/mol. The SMILES string of the molecule is [C-]#[N+]C(C#N)=c1c2oc3ccccc3c2c(=C(C#N)[N+]#[C-])c2c1oc1ccccc12. The molecular formula is C24H8N4O2. The van der Waals surface area contributed by atoms with Crippen molar-refractivity contribution >= 4 is 55.3 Å². The molecule has 136 valence electrons. The van der Waals surface area contributed by atoms with E-state index in [0.29, 0.717) is 37.9 Å². The number of para-hydroxylation sites is 2. The molecule has 5 rings (SSSR count). The van der Waals surface area contributed by atoms with E-state index in [9.17, 15) is 10.5 Å². The van der Waals surface area contributed by atoms with Gasteiger partial charge in [-0.25, -0.2) is 20.2 Å². The lowest BCUT2D eigenvalue weighted by Crippen LogP contribution is -2.15. The molecule has 0 saturated carbocycles. The summed E-state index contributed by atoms with van der Waals surface area (Å²) in [5, 5.41) is 22.4. The Labute approximate surface area is 169 Å². The molecule has 0 aliphatic carbocycles. The van der Waals surface area contributed by atoms with E-state index < -0.39 is 0 Å². The van der Waals surface area contributed by atoms with Crippen molar-refractivity contribution in [2.45, 2.75) is 0 Å². The maximum Gasteiger partial charge on any atom is 0.276 e. The van der Waals surface area contributed by atoms with E-state index in [1.54, 1.807) is 24.3 Å². The average molecular weight is 384 g/mol. The summed E-state index contributed by atoms with van der Waals surface area (Å²) in [6.07, 6.45) is 0. The first-order valence-corrected chi connectivity index (χ1v) is 8.81. The van der Waals surface area contributed by atoms with E-state index in [-0.39, 0.29) is 27.8 Å². The van der Waals surface area contributed by atoms with Crippen LogP contribution in [0.3, 0.4) is 0 Å². The minimum atomic E-state index is -0.184. The third-order valence-corrected chi connectivity index (χ3v) is 5.05. The molecule has 0 spiro atoms. The van der Waals surface area contributed by atoms with Gasteiger partial charge < -0.3 is 8.83 Å². The smallest absolute Gasteiger partial charge is 0.276 e. The highest BCUT2D eigenvalue weighted by Crippen LogP contribution is 2.31. The van der Waals surface area contributed by atoms with Crippen LogP contribution in [0.15, 0.2) is 57.4 Å². The van der Waals surface area contributed by atoms with Crippen LogP contribution in [0.1, 0.15) is 0 Å². The molecular weight excluding hydrogens is 376 g/mol. The van der Waals surface area contributed by atoms with E-state index >= 15 is 0 Å². The van der Waals surface area contributed by atoms with Crippen molar-refractivity contribution in [2.24, 2.45) is 0 Å². The Bertz CT molecular complexity index is 1710. The lowest BCUT2D eigenvalue weighted by molar-refractivity contribution is 0.650. The summed E-state index contributed by atoms with van der Waals surface area (Å²) in [6, 6.07) is 18.3. The molecule has 6 heteroatoms. The standard InChI is InChI=1S/C24H8N4O2/c1-27-15(11-25)21-19-13-7-3-5-9-17(13)29-23(19)22(16(12-26)28-2)24-20(21)14-8-4-6-10-18(14)30-24/h3-10H. The predicted octanol–water partition coefficient (Wildman–Crippen LogP) is 4.59. The highest BCUT2D eigenvalue weighted by Gasteiger charge is 2.22. The number of fused-ring (bicyclic) bond motifs is 6. The van der Waals surface area contributed by atoms with Crippen molar-refractivity contribution in [3.8, 4) is 12.1 Å². The third kappa shape index (κ3) is 2.08. The molecule has 0 bridgehead atoms. The van der Waals surface area contributed by atoms with Gasteiger partial charge in [0.15, 0.2) is 0 Å². The predicted molar refractivity (Wildman–Crippen MR) is 111 cm³/mol. The summed E-state index contributed by atoms with van der Waals surface area (Å²) >= 11 is 0. The van der Waals surface area contributed by atoms with Gasteiger partial charge in [0, 0.05) is 26.8 Å². The first-order valence-electron chi connectivity index (χ1n) is 8.81. The molecule has 0 saturated heterocycles. The Kier molecular flexibility index (Phi) is 3.56. The Hall–Kier alpha value is -5.04. The maximum atomic E-state index is 9.72. The summed E-state index contributed by atoms with van der Waals surface area (Å²) in [5.41, 5.74) is 1.25. The van der Waals surface area contributed by atoms with Crippen LogP contribution in [-0.2, 0) is 0 Å². The largest absolute Gasteiger partial charge is 0.457 e. The fraction of sp³-hybridized carbons (Fsp3) is 0. The Balaban J connectivity index is 2.39. The second-order valence-corrected chi connectivity index (χ2v) is 6.50. The molecule has 0 radical (unpaired) electrons. The zero-order chi connectivity index (χ0) is 20.8. The lowest BCUT2D eigenvalue weighted by Gasteiger charge is -2.00. The zero-order valence-corrected chi connectivity index (χ0v) is 15.2. The zero-order valence-electron chi connectivity index (χ0n) is 15.2. The van der Waals surface area contributed by atoms with Gasteiger partial charge in [-0.2, -0.15) is 0 Å². The van der Waals surface area contributed by atoms with Gasteiger partial charge in [0.25, 0.3) is 11.4 Å². The molecule has 3 aromatic carbocycles. The number of hydrogen-bond acceptors (Lipinski definition) is 4. The Morgan fingerprint density at radius 2 is 1.13 bits per heavy atom. The van der Waals surface area contributed by atoms with Gasteiger partial charge in [-0.1, -0.05) is 36.4 Å². The molecule has 0 atom stereocenters. The van der Waals surface area contributed by atoms with Gasteiger partial charge in [0.2, 0.25) is 0 Å². The molecule has 0 N–H and O–H groups in total. The summed E-state index contributed by atoms with van der Waals surface area (Å²) in [4.78, 5) is 6.84. The van der Waals surface area contributed by atoms with E-state index in [1.165, 1.54) is 0 Å². The van der Waals surface area contributed by atoms with Crippen LogP contribution < -0.4 is 10.4 Å². The molecule has 0 amide bonds. The van der Waals surface area contributed by atoms with Gasteiger partial charge >= 0.3 is 0 Å². The highest BCUT2D eigenvalue weighted by atomic mass is 16.3. The van der Waals surface area contributed by atoms with Crippen LogP contribution in [0.4, 0.5) is 0 Å². The number of nitriles is 2. The Morgan fingerprint density at radius 3 is 1.57 bits per heavy atom. The van der Waals surface area contributed by atoms with Crippen LogP contribution in [-0.4, -0.2) is 0 Å². The molecule has 2 heterocycles. The van der Waals surface area contributed by atoms with Gasteiger partial charge in [0.05, 0.1) is 30.5 Å². The topological polar surface area (TPSA) is 82.6 Å². The quantitative estimate of drug-likeness (QED) is 0.366. The number of furan rings is 2. The molecule has 0 aliphatic heterocycles. The maximum absolute atomic E-state index is 9.72. The fourth-order valence-electron chi connectivity index (χ4n) is 3.89. The van der Waals surface area contributed by atoms with Crippen LogP contribution in [0.25, 0.3) is 65.0 Å². The second kappa shape index (κ2) is 6.25. The van der Waals surface area contributed by atoms with Gasteiger partial charge in [-0.15, -0.1) is 0 Å².